The molecule has 0 aromatic heterocycles. The van der Waals surface area contributed by atoms with Crippen molar-refractivity contribution in [2.75, 3.05) is 33.5 Å². The Morgan fingerprint density at radius 2 is 1.94 bits per heavy atom. The predicted octanol–water partition coefficient (Wildman–Crippen LogP) is 1.82. The lowest BCUT2D eigenvalue weighted by Crippen LogP contribution is -2.08. The number of para-hydroxylation sites is 1. The second-order valence-electron chi connectivity index (χ2n) is 3.61. The van der Waals surface area contributed by atoms with Gasteiger partial charge in [-0.15, -0.1) is 0 Å². The molecule has 18 heavy (non-hydrogen) atoms. The minimum atomic E-state index is -0.984. The van der Waals surface area contributed by atoms with E-state index >= 15 is 0 Å². The Morgan fingerprint density at radius 1 is 1.17 bits per heavy atom. The average Bonchev–Trinajstić information content (AvgIpc) is 2.38. The number of aromatic carboxylic acids is 1. The van der Waals surface area contributed by atoms with Crippen molar-refractivity contribution >= 4 is 5.97 Å². The lowest BCUT2D eigenvalue weighted by Gasteiger charge is -2.09. The molecule has 0 unspecified atom stereocenters. The van der Waals surface area contributed by atoms with E-state index in [0.717, 1.165) is 0 Å². The van der Waals surface area contributed by atoms with Crippen LogP contribution in [0.15, 0.2) is 24.3 Å². The molecule has 0 radical (unpaired) electrons. The highest BCUT2D eigenvalue weighted by molar-refractivity contribution is 5.90. The molecule has 0 spiro atoms. The minimum absolute atomic E-state index is 0.179. The van der Waals surface area contributed by atoms with E-state index in [9.17, 15) is 4.79 Å². The van der Waals surface area contributed by atoms with Crippen LogP contribution in [-0.2, 0) is 9.47 Å². The van der Waals surface area contributed by atoms with Gasteiger partial charge in [-0.2, -0.15) is 0 Å². The van der Waals surface area contributed by atoms with Gasteiger partial charge in [-0.1, -0.05) is 12.1 Å². The van der Waals surface area contributed by atoms with Crippen molar-refractivity contribution in [3.05, 3.63) is 29.8 Å². The van der Waals surface area contributed by atoms with Gasteiger partial charge < -0.3 is 19.3 Å². The predicted molar refractivity (Wildman–Crippen MR) is 66.2 cm³/mol. The van der Waals surface area contributed by atoms with E-state index < -0.39 is 5.97 Å². The van der Waals surface area contributed by atoms with Crippen molar-refractivity contribution in [1.82, 2.24) is 0 Å². The molecule has 5 nitrogen and oxygen atoms in total. The van der Waals surface area contributed by atoms with E-state index in [4.69, 9.17) is 19.3 Å². The molecule has 0 amide bonds. The Kier molecular flexibility index (Phi) is 6.83. The number of benzene rings is 1. The van der Waals surface area contributed by atoms with Gasteiger partial charge in [0.2, 0.25) is 0 Å². The van der Waals surface area contributed by atoms with E-state index in [1.807, 2.05) is 0 Å². The minimum Gasteiger partial charge on any atom is -0.493 e. The van der Waals surface area contributed by atoms with Crippen LogP contribution in [0.25, 0.3) is 0 Å². The van der Waals surface area contributed by atoms with Crippen LogP contribution in [0.4, 0.5) is 0 Å². The van der Waals surface area contributed by atoms with Gasteiger partial charge in [-0.3, -0.25) is 0 Å². The number of hydrogen-bond acceptors (Lipinski definition) is 4. The van der Waals surface area contributed by atoms with Gasteiger partial charge >= 0.3 is 5.97 Å². The summed E-state index contributed by atoms with van der Waals surface area (Å²) in [5.41, 5.74) is 0.179. The van der Waals surface area contributed by atoms with E-state index in [2.05, 4.69) is 0 Å². The maximum Gasteiger partial charge on any atom is 0.339 e. The molecule has 0 saturated heterocycles. The molecule has 1 rings (SSSR count). The van der Waals surface area contributed by atoms with Crippen LogP contribution in [0, 0.1) is 0 Å². The first kappa shape index (κ1) is 14.5. The largest absolute Gasteiger partial charge is 0.493 e. The number of rotatable bonds is 9. The summed E-state index contributed by atoms with van der Waals surface area (Å²) in [6.45, 7) is 2.13. The normalized spacial score (nSPS) is 10.3. The molecule has 0 saturated carbocycles. The molecule has 1 N–H and O–H groups in total. The third kappa shape index (κ3) is 5.16. The smallest absolute Gasteiger partial charge is 0.339 e. The highest BCUT2D eigenvalue weighted by atomic mass is 16.5. The van der Waals surface area contributed by atoms with Crippen LogP contribution in [0.3, 0.4) is 0 Å². The van der Waals surface area contributed by atoms with Gasteiger partial charge in [-0.05, 0) is 12.1 Å². The number of carbonyl (C=O) groups is 1. The lowest BCUT2D eigenvalue weighted by molar-refractivity contribution is 0.0637. The third-order valence-corrected chi connectivity index (χ3v) is 2.24. The van der Waals surface area contributed by atoms with Crippen molar-refractivity contribution in [2.45, 2.75) is 6.42 Å². The first-order chi connectivity index (χ1) is 8.75. The van der Waals surface area contributed by atoms with Crippen LogP contribution in [-0.4, -0.2) is 44.6 Å². The first-order valence-electron chi connectivity index (χ1n) is 5.77. The Bertz CT molecular complexity index is 364. The molecule has 0 heterocycles. The molecule has 0 atom stereocenters. The summed E-state index contributed by atoms with van der Waals surface area (Å²) in [6.07, 6.45) is 0.706. The molecule has 0 aliphatic heterocycles. The second-order valence-corrected chi connectivity index (χ2v) is 3.61. The van der Waals surface area contributed by atoms with Gasteiger partial charge in [0, 0.05) is 20.1 Å². The van der Waals surface area contributed by atoms with Crippen molar-refractivity contribution in [1.29, 1.82) is 0 Å². The summed E-state index contributed by atoms with van der Waals surface area (Å²) >= 11 is 0. The quantitative estimate of drug-likeness (QED) is 0.681. The molecular weight excluding hydrogens is 236 g/mol. The van der Waals surface area contributed by atoms with Gasteiger partial charge in [0.1, 0.15) is 11.3 Å². The molecule has 0 aliphatic carbocycles. The second kappa shape index (κ2) is 8.49. The number of ether oxygens (including phenoxy) is 3. The summed E-state index contributed by atoms with van der Waals surface area (Å²) in [5.74, 6) is -0.594. The van der Waals surface area contributed by atoms with E-state index in [1.165, 1.54) is 6.07 Å². The third-order valence-electron chi connectivity index (χ3n) is 2.24. The monoisotopic (exact) mass is 254 g/mol. The molecule has 1 aromatic carbocycles. The van der Waals surface area contributed by atoms with Crippen LogP contribution < -0.4 is 4.74 Å². The van der Waals surface area contributed by atoms with Crippen molar-refractivity contribution in [3.8, 4) is 5.75 Å². The van der Waals surface area contributed by atoms with Gasteiger partial charge in [0.05, 0.1) is 19.8 Å². The Morgan fingerprint density at radius 3 is 2.67 bits per heavy atom. The molecule has 1 aromatic rings. The van der Waals surface area contributed by atoms with E-state index in [-0.39, 0.29) is 5.56 Å². The maximum absolute atomic E-state index is 10.9. The molecule has 0 aliphatic rings. The fourth-order valence-corrected chi connectivity index (χ4v) is 1.36. The number of methoxy groups -OCH3 is 1. The number of carboxylic acids is 1. The van der Waals surface area contributed by atoms with Gasteiger partial charge in [0.15, 0.2) is 0 Å². The summed E-state index contributed by atoms with van der Waals surface area (Å²) in [4.78, 5) is 10.9. The zero-order chi connectivity index (χ0) is 13.2. The summed E-state index contributed by atoms with van der Waals surface area (Å²) in [5, 5.41) is 8.95. The first-order valence-corrected chi connectivity index (χ1v) is 5.77. The number of hydrogen-bond donors (Lipinski definition) is 1. The Labute approximate surface area is 106 Å². The number of carboxylic acid groups (broad SMARTS) is 1. The van der Waals surface area contributed by atoms with E-state index in [0.29, 0.717) is 38.6 Å². The molecular formula is C13H18O5. The highest BCUT2D eigenvalue weighted by Crippen LogP contribution is 2.17. The standard InChI is InChI=1S/C13H18O5/c1-16-9-10-17-7-4-8-18-12-6-3-2-5-11(12)13(14)15/h2-3,5-6H,4,7-10H2,1H3,(H,14,15). The topological polar surface area (TPSA) is 65.0 Å². The van der Waals surface area contributed by atoms with E-state index in [1.54, 1.807) is 25.3 Å². The summed E-state index contributed by atoms with van der Waals surface area (Å²) in [7, 11) is 1.62. The van der Waals surface area contributed by atoms with Gasteiger partial charge in [0.25, 0.3) is 0 Å². The highest BCUT2D eigenvalue weighted by Gasteiger charge is 2.09. The summed E-state index contributed by atoms with van der Waals surface area (Å²) in [6, 6.07) is 6.59. The molecule has 0 bridgehead atoms. The zero-order valence-electron chi connectivity index (χ0n) is 10.4. The van der Waals surface area contributed by atoms with Gasteiger partial charge in [-0.25, -0.2) is 4.79 Å². The fourth-order valence-electron chi connectivity index (χ4n) is 1.36. The van der Waals surface area contributed by atoms with Crippen molar-refractivity contribution in [2.24, 2.45) is 0 Å². The van der Waals surface area contributed by atoms with Crippen LogP contribution in [0.1, 0.15) is 16.8 Å². The van der Waals surface area contributed by atoms with Crippen molar-refractivity contribution < 1.29 is 24.1 Å². The average molecular weight is 254 g/mol. The Balaban J connectivity index is 2.25. The molecule has 5 heteroatoms. The molecule has 100 valence electrons. The van der Waals surface area contributed by atoms with Crippen LogP contribution in [0.2, 0.25) is 0 Å². The zero-order valence-corrected chi connectivity index (χ0v) is 10.4. The molecule has 0 fully saturated rings. The van der Waals surface area contributed by atoms with Crippen LogP contribution in [0.5, 0.6) is 5.75 Å². The maximum atomic E-state index is 10.9. The SMILES string of the molecule is COCCOCCCOc1ccccc1C(=O)O. The van der Waals surface area contributed by atoms with Crippen molar-refractivity contribution in [3.63, 3.8) is 0 Å². The Hall–Kier alpha value is -1.59. The summed E-state index contributed by atoms with van der Waals surface area (Å²) < 4.78 is 15.5. The fraction of sp³-hybridized carbons (Fsp3) is 0.462. The lowest BCUT2D eigenvalue weighted by atomic mass is 10.2. The van der Waals surface area contributed by atoms with Crippen LogP contribution >= 0.6 is 0 Å².